The van der Waals surface area contributed by atoms with E-state index in [0.717, 1.165) is 0 Å². The van der Waals surface area contributed by atoms with E-state index >= 15 is 0 Å². The molecule has 1 fully saturated rings. The first kappa shape index (κ1) is 20.8. The Morgan fingerprint density at radius 1 is 1.19 bits per heavy atom. The van der Waals surface area contributed by atoms with Gasteiger partial charge in [-0.25, -0.2) is 4.39 Å². The van der Waals surface area contributed by atoms with E-state index in [-0.39, 0.29) is 30.3 Å². The zero-order valence-electron chi connectivity index (χ0n) is 17.2. The molecule has 0 radical (unpaired) electrons. The first-order chi connectivity index (χ1) is 14.8. The summed E-state index contributed by atoms with van der Waals surface area (Å²) in [5.41, 5.74) is 1.55. The van der Waals surface area contributed by atoms with Gasteiger partial charge in [-0.3, -0.25) is 14.9 Å². The van der Waals surface area contributed by atoms with Gasteiger partial charge in [0.05, 0.1) is 22.8 Å². The van der Waals surface area contributed by atoms with Gasteiger partial charge in [-0.1, -0.05) is 0 Å². The number of morpholine rings is 1. The number of ether oxygens (including phenoxy) is 1. The van der Waals surface area contributed by atoms with Crippen LogP contribution in [0.4, 0.5) is 21.5 Å². The first-order valence-corrected chi connectivity index (χ1v) is 10.0. The van der Waals surface area contributed by atoms with Crippen LogP contribution in [-0.2, 0) is 16.1 Å². The molecule has 0 aliphatic carbocycles. The van der Waals surface area contributed by atoms with Gasteiger partial charge in [-0.15, -0.1) is 0 Å². The Morgan fingerprint density at radius 3 is 2.61 bits per heavy atom. The maximum Gasteiger partial charge on any atom is 0.270 e. The number of rotatable bonds is 5. The minimum Gasteiger partial charge on any atom is -0.372 e. The first-order valence-electron chi connectivity index (χ1n) is 10.0. The van der Waals surface area contributed by atoms with E-state index in [4.69, 9.17) is 4.74 Å². The van der Waals surface area contributed by atoms with E-state index < -0.39 is 10.7 Å². The lowest BCUT2D eigenvalue weighted by atomic mass is 10.2. The summed E-state index contributed by atoms with van der Waals surface area (Å²) in [5, 5.41) is 14.3. The summed E-state index contributed by atoms with van der Waals surface area (Å²) in [6.07, 6.45) is 1.72. The average Bonchev–Trinajstić information content (AvgIpc) is 3.09. The summed E-state index contributed by atoms with van der Waals surface area (Å²) < 4.78 is 22.1. The Kier molecular flexibility index (Phi) is 5.60. The van der Waals surface area contributed by atoms with Gasteiger partial charge in [0.2, 0.25) is 5.91 Å². The summed E-state index contributed by atoms with van der Waals surface area (Å²) in [4.78, 5) is 24.9. The summed E-state index contributed by atoms with van der Waals surface area (Å²) in [5.74, 6) is -0.727. The SMILES string of the molecule is C[C@H]1CN(c2ccc(NC(=O)Cn3ccc4cc([N+](=O)[O-])ccc43)cc2F)C[C@H](C)O1. The molecule has 2 heterocycles. The van der Waals surface area contributed by atoms with Gasteiger partial charge < -0.3 is 19.5 Å². The molecule has 8 nitrogen and oxygen atoms in total. The predicted octanol–water partition coefficient (Wildman–Crippen LogP) is 3.94. The van der Waals surface area contributed by atoms with Gasteiger partial charge in [0.1, 0.15) is 12.4 Å². The molecule has 4 rings (SSSR count). The van der Waals surface area contributed by atoms with Crippen LogP contribution in [0.1, 0.15) is 13.8 Å². The molecule has 0 bridgehead atoms. The molecule has 2 aromatic carbocycles. The lowest BCUT2D eigenvalue weighted by Crippen LogP contribution is -2.45. The highest BCUT2D eigenvalue weighted by molar-refractivity contribution is 5.92. The van der Waals surface area contributed by atoms with Crippen molar-refractivity contribution in [3.63, 3.8) is 0 Å². The molecule has 1 aliphatic heterocycles. The van der Waals surface area contributed by atoms with E-state index in [1.807, 2.05) is 18.7 Å². The number of carbonyl (C=O) groups is 1. The summed E-state index contributed by atoms with van der Waals surface area (Å²) in [7, 11) is 0. The fourth-order valence-electron chi connectivity index (χ4n) is 4.01. The zero-order valence-corrected chi connectivity index (χ0v) is 17.2. The Labute approximate surface area is 178 Å². The lowest BCUT2D eigenvalue weighted by molar-refractivity contribution is -0.384. The molecule has 1 aromatic heterocycles. The molecule has 2 atom stereocenters. The molecule has 1 amide bonds. The van der Waals surface area contributed by atoms with E-state index in [1.165, 1.54) is 18.2 Å². The monoisotopic (exact) mass is 426 g/mol. The third kappa shape index (κ3) is 4.51. The molecule has 3 aromatic rings. The zero-order chi connectivity index (χ0) is 22.1. The fraction of sp³-hybridized carbons (Fsp3) is 0.318. The van der Waals surface area contributed by atoms with Crippen LogP contribution >= 0.6 is 0 Å². The van der Waals surface area contributed by atoms with Crippen molar-refractivity contribution < 1.29 is 18.8 Å². The van der Waals surface area contributed by atoms with Crippen LogP contribution in [0.15, 0.2) is 48.7 Å². The van der Waals surface area contributed by atoms with Gasteiger partial charge in [0, 0.05) is 48.0 Å². The van der Waals surface area contributed by atoms with Crippen LogP contribution in [0.5, 0.6) is 0 Å². The van der Waals surface area contributed by atoms with Crippen LogP contribution in [-0.4, -0.2) is 40.7 Å². The predicted molar refractivity (Wildman–Crippen MR) is 116 cm³/mol. The second-order valence-electron chi connectivity index (χ2n) is 7.82. The van der Waals surface area contributed by atoms with Crippen LogP contribution in [0.25, 0.3) is 10.9 Å². The second-order valence-corrected chi connectivity index (χ2v) is 7.82. The number of nitro groups is 1. The molecular weight excluding hydrogens is 403 g/mol. The molecule has 31 heavy (non-hydrogen) atoms. The summed E-state index contributed by atoms with van der Waals surface area (Å²) >= 11 is 0. The number of anilines is 2. The van der Waals surface area contributed by atoms with E-state index in [2.05, 4.69) is 5.32 Å². The standard InChI is InChI=1S/C22H23FN4O4/c1-14-11-26(12-15(2)31-14)21-5-3-17(10-19(21)23)24-22(28)13-25-8-7-16-9-18(27(29)30)4-6-20(16)25/h3-10,14-15H,11-13H2,1-2H3,(H,24,28)/t14-,15-/m0/s1. The van der Waals surface area contributed by atoms with Crippen LogP contribution < -0.4 is 10.2 Å². The molecule has 1 saturated heterocycles. The number of hydrogen-bond donors (Lipinski definition) is 1. The minimum atomic E-state index is -0.458. The number of nitrogens with one attached hydrogen (secondary N) is 1. The number of halogens is 1. The number of benzene rings is 2. The van der Waals surface area contributed by atoms with Crippen molar-refractivity contribution in [2.24, 2.45) is 0 Å². The van der Waals surface area contributed by atoms with Gasteiger partial charge in [-0.2, -0.15) is 0 Å². The van der Waals surface area contributed by atoms with Crippen molar-refractivity contribution in [2.45, 2.75) is 32.6 Å². The number of nitro benzene ring substituents is 1. The topological polar surface area (TPSA) is 89.6 Å². The molecule has 9 heteroatoms. The quantitative estimate of drug-likeness (QED) is 0.493. The van der Waals surface area contributed by atoms with Crippen molar-refractivity contribution in [1.29, 1.82) is 0 Å². The molecule has 1 N–H and O–H groups in total. The van der Waals surface area contributed by atoms with Gasteiger partial charge >= 0.3 is 0 Å². The largest absolute Gasteiger partial charge is 0.372 e. The summed E-state index contributed by atoms with van der Waals surface area (Å²) in [6.45, 7) is 5.12. The molecule has 1 aliphatic rings. The highest BCUT2D eigenvalue weighted by Gasteiger charge is 2.24. The maximum absolute atomic E-state index is 14.7. The number of nitrogens with zero attached hydrogens (tertiary/aromatic N) is 3. The highest BCUT2D eigenvalue weighted by Crippen LogP contribution is 2.26. The third-order valence-electron chi connectivity index (χ3n) is 5.27. The molecule has 162 valence electrons. The Balaban J connectivity index is 1.45. The number of aromatic nitrogens is 1. The van der Waals surface area contributed by atoms with Crippen molar-refractivity contribution in [1.82, 2.24) is 4.57 Å². The smallest absolute Gasteiger partial charge is 0.270 e. The van der Waals surface area contributed by atoms with Crippen LogP contribution in [0, 0.1) is 15.9 Å². The molecule has 0 saturated carbocycles. The van der Waals surface area contributed by atoms with E-state index in [9.17, 15) is 19.3 Å². The molecule has 0 spiro atoms. The molecular formula is C22H23FN4O4. The van der Waals surface area contributed by atoms with Crippen LogP contribution in [0.3, 0.4) is 0 Å². The second kappa shape index (κ2) is 8.35. The average molecular weight is 426 g/mol. The van der Waals surface area contributed by atoms with Crippen molar-refractivity contribution in [3.8, 4) is 0 Å². The number of non-ortho nitro benzene ring substituents is 1. The normalized spacial score (nSPS) is 18.9. The van der Waals surface area contributed by atoms with Gasteiger partial charge in [-0.05, 0) is 44.2 Å². The summed E-state index contributed by atoms with van der Waals surface area (Å²) in [6, 6.07) is 10.9. The van der Waals surface area contributed by atoms with Gasteiger partial charge in [0.15, 0.2) is 0 Å². The Bertz CT molecular complexity index is 1140. The van der Waals surface area contributed by atoms with E-state index in [1.54, 1.807) is 35.0 Å². The van der Waals surface area contributed by atoms with Crippen molar-refractivity contribution in [2.75, 3.05) is 23.3 Å². The lowest BCUT2D eigenvalue weighted by Gasteiger charge is -2.37. The van der Waals surface area contributed by atoms with Crippen LogP contribution in [0.2, 0.25) is 0 Å². The number of hydrogen-bond acceptors (Lipinski definition) is 5. The number of carbonyl (C=O) groups excluding carboxylic acids is 1. The van der Waals surface area contributed by atoms with E-state index in [0.29, 0.717) is 35.4 Å². The Morgan fingerprint density at radius 2 is 1.94 bits per heavy atom. The minimum absolute atomic E-state index is 0.00315. The van der Waals surface area contributed by atoms with Crippen molar-refractivity contribution in [3.05, 3.63) is 64.6 Å². The Hall–Kier alpha value is -3.46. The third-order valence-corrected chi connectivity index (χ3v) is 5.27. The maximum atomic E-state index is 14.7. The fourth-order valence-corrected chi connectivity index (χ4v) is 4.01. The molecule has 0 unspecified atom stereocenters. The number of amides is 1. The number of fused-ring (bicyclic) bond motifs is 1. The highest BCUT2D eigenvalue weighted by atomic mass is 19.1. The van der Waals surface area contributed by atoms with Crippen molar-refractivity contribution >= 4 is 33.9 Å². The van der Waals surface area contributed by atoms with Gasteiger partial charge in [0.25, 0.3) is 5.69 Å².